The molecule has 0 saturated heterocycles. The van der Waals surface area contributed by atoms with Crippen LogP contribution in [0.1, 0.15) is 104 Å². The Morgan fingerprint density at radius 1 is 0.643 bits per heavy atom. The van der Waals surface area contributed by atoms with E-state index in [1.165, 1.54) is 19.3 Å². The van der Waals surface area contributed by atoms with Crippen LogP contribution in [-0.2, 0) is 14.4 Å². The van der Waals surface area contributed by atoms with E-state index in [9.17, 15) is 14.4 Å². The van der Waals surface area contributed by atoms with Crippen LogP contribution >= 0.6 is 0 Å². The van der Waals surface area contributed by atoms with Crippen LogP contribution in [0.25, 0.3) is 0 Å². The summed E-state index contributed by atoms with van der Waals surface area (Å²) in [7, 11) is 0. The van der Waals surface area contributed by atoms with Crippen molar-refractivity contribution in [3.05, 3.63) is 0 Å². The molecular weight excluding hydrogens is 354 g/mol. The highest BCUT2D eigenvalue weighted by Gasteiger charge is 2.21. The lowest BCUT2D eigenvalue weighted by atomic mass is 10.1. The summed E-state index contributed by atoms with van der Waals surface area (Å²) in [6.45, 7) is 7.58. The molecule has 0 aromatic heterocycles. The number of hydrogen-bond acceptors (Lipinski definition) is 3. The molecule has 1 atom stereocenters. The van der Waals surface area contributed by atoms with Gasteiger partial charge >= 0.3 is 0 Å². The first-order chi connectivity index (χ1) is 13.5. The lowest BCUT2D eigenvalue weighted by Crippen LogP contribution is -2.47. The van der Waals surface area contributed by atoms with Crippen LogP contribution in [0.15, 0.2) is 0 Å². The number of hydrogen-bond donors (Lipinski definition) is 3. The van der Waals surface area contributed by atoms with E-state index in [0.717, 1.165) is 44.9 Å². The van der Waals surface area contributed by atoms with Crippen molar-refractivity contribution < 1.29 is 14.4 Å². The fourth-order valence-corrected chi connectivity index (χ4v) is 2.88. The summed E-state index contributed by atoms with van der Waals surface area (Å²) >= 11 is 0. The monoisotopic (exact) mass is 397 g/mol. The summed E-state index contributed by atoms with van der Waals surface area (Å²) < 4.78 is 0. The number of unbranched alkanes of at least 4 members (excludes halogenated alkanes) is 7. The second-order valence-electron chi connectivity index (χ2n) is 7.52. The molecule has 0 aromatic carbocycles. The van der Waals surface area contributed by atoms with E-state index in [0.29, 0.717) is 25.9 Å². The molecular formula is C22H43N3O3. The molecule has 0 aliphatic carbocycles. The Balaban J connectivity index is 4.36. The van der Waals surface area contributed by atoms with Crippen LogP contribution in [0.5, 0.6) is 0 Å². The van der Waals surface area contributed by atoms with Gasteiger partial charge in [0.2, 0.25) is 17.7 Å². The lowest BCUT2D eigenvalue weighted by molar-refractivity contribution is -0.129. The molecule has 0 unspecified atom stereocenters. The average molecular weight is 398 g/mol. The van der Waals surface area contributed by atoms with Crippen LogP contribution < -0.4 is 16.0 Å². The third-order valence-electron chi connectivity index (χ3n) is 4.75. The second-order valence-corrected chi connectivity index (χ2v) is 7.52. The minimum Gasteiger partial charge on any atom is -0.356 e. The van der Waals surface area contributed by atoms with Crippen molar-refractivity contribution in [3.8, 4) is 0 Å². The highest BCUT2D eigenvalue weighted by molar-refractivity contribution is 5.88. The Labute approximate surface area is 172 Å². The maximum atomic E-state index is 12.4. The van der Waals surface area contributed by atoms with Gasteiger partial charge in [0.05, 0.1) is 0 Å². The van der Waals surface area contributed by atoms with E-state index in [1.807, 2.05) is 0 Å². The van der Waals surface area contributed by atoms with Gasteiger partial charge in [0.25, 0.3) is 0 Å². The SMILES string of the molecule is CCCCCCCCC(=O)N[C@@H](CCC(=O)NCCCC)C(=O)NCCCC. The van der Waals surface area contributed by atoms with Gasteiger partial charge in [-0.15, -0.1) is 0 Å². The molecule has 164 valence electrons. The van der Waals surface area contributed by atoms with Crippen LogP contribution in [0.3, 0.4) is 0 Å². The van der Waals surface area contributed by atoms with Crippen molar-refractivity contribution in [2.45, 2.75) is 110 Å². The molecule has 3 N–H and O–H groups in total. The average Bonchev–Trinajstić information content (AvgIpc) is 2.68. The maximum Gasteiger partial charge on any atom is 0.242 e. The van der Waals surface area contributed by atoms with Gasteiger partial charge in [-0.1, -0.05) is 65.7 Å². The summed E-state index contributed by atoms with van der Waals surface area (Å²) in [4.78, 5) is 36.6. The van der Waals surface area contributed by atoms with E-state index in [1.54, 1.807) is 0 Å². The summed E-state index contributed by atoms with van der Waals surface area (Å²) in [6, 6.07) is -0.638. The Hall–Kier alpha value is -1.59. The van der Waals surface area contributed by atoms with Crippen molar-refractivity contribution in [1.82, 2.24) is 16.0 Å². The Kier molecular flexibility index (Phi) is 17.7. The summed E-state index contributed by atoms with van der Waals surface area (Å²) in [5.41, 5.74) is 0. The molecule has 0 spiro atoms. The van der Waals surface area contributed by atoms with Gasteiger partial charge in [-0.3, -0.25) is 14.4 Å². The van der Waals surface area contributed by atoms with E-state index < -0.39 is 6.04 Å². The molecule has 28 heavy (non-hydrogen) atoms. The molecule has 3 amide bonds. The Morgan fingerprint density at radius 3 is 1.86 bits per heavy atom. The van der Waals surface area contributed by atoms with Gasteiger partial charge in [0, 0.05) is 25.9 Å². The molecule has 0 aromatic rings. The van der Waals surface area contributed by atoms with Crippen LogP contribution in [0, 0.1) is 0 Å². The minimum absolute atomic E-state index is 0.0648. The zero-order valence-corrected chi connectivity index (χ0v) is 18.4. The van der Waals surface area contributed by atoms with Gasteiger partial charge in [-0.05, 0) is 25.7 Å². The quantitative estimate of drug-likeness (QED) is 0.307. The van der Waals surface area contributed by atoms with E-state index >= 15 is 0 Å². The normalized spacial score (nSPS) is 11.7. The lowest BCUT2D eigenvalue weighted by Gasteiger charge is -2.18. The highest BCUT2D eigenvalue weighted by Crippen LogP contribution is 2.07. The van der Waals surface area contributed by atoms with Gasteiger partial charge in [0.1, 0.15) is 6.04 Å². The predicted octanol–water partition coefficient (Wildman–Crippen LogP) is 3.83. The number of rotatable bonds is 18. The second kappa shape index (κ2) is 18.8. The van der Waals surface area contributed by atoms with Gasteiger partial charge < -0.3 is 16.0 Å². The molecule has 0 radical (unpaired) electrons. The minimum atomic E-state index is -0.638. The zero-order chi connectivity index (χ0) is 21.0. The molecule has 0 aliphatic rings. The van der Waals surface area contributed by atoms with Crippen molar-refractivity contribution in [2.24, 2.45) is 0 Å². The zero-order valence-electron chi connectivity index (χ0n) is 18.4. The number of amides is 3. The highest BCUT2D eigenvalue weighted by atomic mass is 16.2. The van der Waals surface area contributed by atoms with Crippen molar-refractivity contribution >= 4 is 17.7 Å². The van der Waals surface area contributed by atoms with E-state index in [-0.39, 0.29) is 24.1 Å². The van der Waals surface area contributed by atoms with Crippen molar-refractivity contribution in [1.29, 1.82) is 0 Å². The van der Waals surface area contributed by atoms with Crippen LogP contribution in [-0.4, -0.2) is 36.9 Å². The van der Waals surface area contributed by atoms with Gasteiger partial charge in [0.15, 0.2) is 0 Å². The van der Waals surface area contributed by atoms with E-state index in [4.69, 9.17) is 0 Å². The van der Waals surface area contributed by atoms with Crippen molar-refractivity contribution in [2.75, 3.05) is 13.1 Å². The number of nitrogens with one attached hydrogen (secondary N) is 3. The smallest absolute Gasteiger partial charge is 0.242 e. The fraction of sp³-hybridized carbons (Fsp3) is 0.864. The third-order valence-corrected chi connectivity index (χ3v) is 4.75. The summed E-state index contributed by atoms with van der Waals surface area (Å²) in [5, 5.41) is 8.57. The largest absolute Gasteiger partial charge is 0.356 e. The molecule has 0 rings (SSSR count). The molecule has 6 nitrogen and oxygen atoms in total. The Bertz CT molecular complexity index is 427. The molecule has 0 aliphatic heterocycles. The van der Waals surface area contributed by atoms with Crippen LogP contribution in [0.2, 0.25) is 0 Å². The molecule has 6 heteroatoms. The molecule has 0 bridgehead atoms. The molecule has 0 fully saturated rings. The summed E-state index contributed by atoms with van der Waals surface area (Å²) in [6.07, 6.45) is 11.6. The Morgan fingerprint density at radius 2 is 1.21 bits per heavy atom. The van der Waals surface area contributed by atoms with Gasteiger partial charge in [-0.25, -0.2) is 0 Å². The number of carbonyl (C=O) groups is 3. The standard InChI is InChI=1S/C22H43N3O3/c1-4-7-10-11-12-13-14-21(27)25-19(22(28)24-18-9-6-3)15-16-20(26)23-17-8-5-2/h19H,4-18H2,1-3H3,(H,23,26)(H,24,28)(H,25,27)/t19-/m0/s1. The summed E-state index contributed by atoms with van der Waals surface area (Å²) in [5.74, 6) is -0.353. The van der Waals surface area contributed by atoms with E-state index in [2.05, 4.69) is 36.7 Å². The molecule has 0 heterocycles. The topological polar surface area (TPSA) is 87.3 Å². The maximum absolute atomic E-state index is 12.4. The first-order valence-corrected chi connectivity index (χ1v) is 11.4. The third kappa shape index (κ3) is 15.5. The first kappa shape index (κ1) is 26.4. The number of carbonyl (C=O) groups excluding carboxylic acids is 3. The van der Waals surface area contributed by atoms with Crippen molar-refractivity contribution in [3.63, 3.8) is 0 Å². The fourth-order valence-electron chi connectivity index (χ4n) is 2.88. The van der Waals surface area contributed by atoms with Crippen LogP contribution in [0.4, 0.5) is 0 Å². The molecule has 0 saturated carbocycles. The first-order valence-electron chi connectivity index (χ1n) is 11.4. The van der Waals surface area contributed by atoms with Gasteiger partial charge in [-0.2, -0.15) is 0 Å². The predicted molar refractivity (Wildman–Crippen MR) is 115 cm³/mol.